The fourth-order valence-electron chi connectivity index (χ4n) is 2.31. The smallest absolute Gasteiger partial charge is 0.437 e. The quantitative estimate of drug-likeness (QED) is 0.550. The zero-order valence-corrected chi connectivity index (χ0v) is 16.8. The molecule has 2 N–H and O–H groups in total. The molecule has 0 aliphatic carbocycles. The van der Waals surface area contributed by atoms with Crippen LogP contribution in [0, 0.1) is 0 Å². The largest absolute Gasteiger partial charge is 0.481 e. The fourth-order valence-corrected chi connectivity index (χ4v) is 3.41. The van der Waals surface area contributed by atoms with Crippen LogP contribution in [0.15, 0.2) is 44.4 Å². The van der Waals surface area contributed by atoms with Crippen molar-refractivity contribution < 1.29 is 27.1 Å². The monoisotopic (exact) mass is 436 g/mol. The van der Waals surface area contributed by atoms with Crippen molar-refractivity contribution in [2.45, 2.75) is 4.90 Å². The molecule has 0 aliphatic rings. The molecule has 14 heteroatoms. The van der Waals surface area contributed by atoms with E-state index in [1.54, 1.807) is 0 Å². The number of carbonyl (C=O) groups excluding carboxylic acids is 1. The lowest BCUT2D eigenvalue weighted by atomic mass is 10.2. The van der Waals surface area contributed by atoms with E-state index in [1.165, 1.54) is 51.6 Å². The van der Waals surface area contributed by atoms with Gasteiger partial charge in [-0.3, -0.25) is 5.32 Å². The van der Waals surface area contributed by atoms with E-state index in [4.69, 9.17) is 13.9 Å². The van der Waals surface area contributed by atoms with Crippen LogP contribution in [0.25, 0.3) is 11.5 Å². The number of sulfonamides is 1. The third kappa shape index (κ3) is 4.38. The number of hydrogen-bond acceptors (Lipinski definition) is 10. The number of nitrogens with zero attached hydrogens (tertiary/aromatic N) is 4. The van der Waals surface area contributed by atoms with Gasteiger partial charge in [0.25, 0.3) is 15.9 Å². The first-order chi connectivity index (χ1) is 14.2. The summed E-state index contributed by atoms with van der Waals surface area (Å²) >= 11 is 0. The number of hydrogen-bond donors (Lipinski definition) is 2. The van der Waals surface area contributed by atoms with Crippen LogP contribution in [0.5, 0.6) is 11.8 Å². The van der Waals surface area contributed by atoms with E-state index in [0.29, 0.717) is 0 Å². The lowest BCUT2D eigenvalue weighted by molar-refractivity contribution is 0.256. The number of amides is 2. The molecule has 30 heavy (non-hydrogen) atoms. The number of methoxy groups -OCH3 is 2. The molecule has 2 amide bonds. The second kappa shape index (κ2) is 8.20. The highest BCUT2D eigenvalue weighted by molar-refractivity contribution is 7.90. The molecular formula is C16H16N6O7S. The van der Waals surface area contributed by atoms with Gasteiger partial charge in [0.1, 0.15) is 4.90 Å². The first-order valence-corrected chi connectivity index (χ1v) is 9.66. The van der Waals surface area contributed by atoms with E-state index in [1.807, 2.05) is 4.72 Å². The minimum atomic E-state index is -4.38. The van der Waals surface area contributed by atoms with Crippen LogP contribution < -0.4 is 25.3 Å². The van der Waals surface area contributed by atoms with Gasteiger partial charge in [0.2, 0.25) is 17.7 Å². The predicted molar refractivity (Wildman–Crippen MR) is 102 cm³/mol. The average Bonchev–Trinajstić information content (AvgIpc) is 3.05. The number of benzene rings is 1. The molecule has 0 saturated carbocycles. The SMILES string of the molecule is COc1cc(OC)nc(NC(=O)NS(=O)(=O)c2ccccc2-c2nn(C)c(=O)o2)n1. The Morgan fingerprint density at radius 3 is 2.33 bits per heavy atom. The van der Waals surface area contributed by atoms with E-state index in [-0.39, 0.29) is 34.1 Å². The topological polar surface area (TPSA) is 168 Å². The zero-order valence-electron chi connectivity index (χ0n) is 15.9. The molecule has 0 aliphatic heterocycles. The Morgan fingerprint density at radius 2 is 1.77 bits per heavy atom. The van der Waals surface area contributed by atoms with Gasteiger partial charge in [-0.2, -0.15) is 14.6 Å². The Balaban J connectivity index is 1.87. The van der Waals surface area contributed by atoms with Gasteiger partial charge in [0.05, 0.1) is 25.8 Å². The predicted octanol–water partition coefficient (Wildman–Crippen LogP) is 0.358. The Labute approximate surface area is 169 Å². The van der Waals surface area contributed by atoms with Crippen LogP contribution in [0.2, 0.25) is 0 Å². The summed E-state index contributed by atoms with van der Waals surface area (Å²) < 4.78 is 43.1. The van der Waals surface area contributed by atoms with Gasteiger partial charge >= 0.3 is 11.8 Å². The van der Waals surface area contributed by atoms with Gasteiger partial charge in [0, 0.05) is 7.05 Å². The lowest BCUT2D eigenvalue weighted by Gasteiger charge is -2.11. The minimum Gasteiger partial charge on any atom is -0.481 e. The molecule has 3 rings (SSSR count). The number of anilines is 1. The molecule has 0 atom stereocenters. The second-order valence-corrected chi connectivity index (χ2v) is 7.28. The highest BCUT2D eigenvalue weighted by Crippen LogP contribution is 2.25. The molecule has 0 spiro atoms. The molecule has 2 heterocycles. The van der Waals surface area contributed by atoms with Crippen LogP contribution in [0.3, 0.4) is 0 Å². The summed E-state index contributed by atoms with van der Waals surface area (Å²) in [6.45, 7) is 0. The number of aryl methyl sites for hydroxylation is 1. The van der Waals surface area contributed by atoms with Crippen molar-refractivity contribution in [2.24, 2.45) is 7.05 Å². The lowest BCUT2D eigenvalue weighted by Crippen LogP contribution is -2.35. The number of rotatable bonds is 6. The summed E-state index contributed by atoms with van der Waals surface area (Å²) in [6, 6.07) is 5.81. The first-order valence-electron chi connectivity index (χ1n) is 8.18. The number of aromatic nitrogens is 4. The molecular weight excluding hydrogens is 420 g/mol. The maximum atomic E-state index is 12.7. The normalized spacial score (nSPS) is 11.0. The molecule has 158 valence electrons. The van der Waals surface area contributed by atoms with Crippen LogP contribution in [-0.2, 0) is 17.1 Å². The molecule has 2 aromatic heterocycles. The molecule has 13 nitrogen and oxygen atoms in total. The van der Waals surface area contributed by atoms with Gasteiger partial charge in [-0.1, -0.05) is 12.1 Å². The Bertz CT molecular complexity index is 1230. The Morgan fingerprint density at radius 1 is 1.13 bits per heavy atom. The Hall–Kier alpha value is -3.94. The van der Waals surface area contributed by atoms with Gasteiger partial charge in [-0.25, -0.2) is 22.7 Å². The summed E-state index contributed by atoms with van der Waals surface area (Å²) in [4.78, 5) is 31.2. The van der Waals surface area contributed by atoms with E-state index in [2.05, 4.69) is 20.4 Å². The molecule has 0 fully saturated rings. The standard InChI is InChI=1S/C16H16N6O7S/c1-22-16(24)29-13(20-22)9-6-4-5-7-10(9)30(25,26)21-15(23)19-14-17-11(27-2)8-12(18-14)28-3/h4-8H,1-3H3,(H2,17,18,19,21,23). The number of ether oxygens (including phenoxy) is 2. The van der Waals surface area contributed by atoms with Gasteiger partial charge in [-0.05, 0) is 12.1 Å². The summed E-state index contributed by atoms with van der Waals surface area (Å²) in [5.74, 6) is -1.05. The molecule has 0 bridgehead atoms. The van der Waals surface area contributed by atoms with Crippen molar-refractivity contribution in [3.05, 3.63) is 40.9 Å². The molecule has 0 unspecified atom stereocenters. The van der Waals surface area contributed by atoms with Gasteiger partial charge < -0.3 is 13.9 Å². The maximum absolute atomic E-state index is 12.7. The first kappa shape index (κ1) is 20.8. The third-order valence-corrected chi connectivity index (χ3v) is 5.03. The minimum absolute atomic E-state index is 0.00482. The summed E-state index contributed by atoms with van der Waals surface area (Å²) in [7, 11) is -0.337. The fraction of sp³-hybridized carbons (Fsp3) is 0.188. The molecule has 0 radical (unpaired) electrons. The zero-order chi connectivity index (χ0) is 21.9. The number of carbonyl (C=O) groups is 1. The molecule has 1 aromatic carbocycles. The van der Waals surface area contributed by atoms with E-state index >= 15 is 0 Å². The number of urea groups is 1. The van der Waals surface area contributed by atoms with Crippen molar-refractivity contribution in [1.29, 1.82) is 0 Å². The van der Waals surface area contributed by atoms with E-state index in [9.17, 15) is 18.0 Å². The van der Waals surface area contributed by atoms with Crippen LogP contribution in [0.1, 0.15) is 0 Å². The van der Waals surface area contributed by atoms with Crippen molar-refractivity contribution in [1.82, 2.24) is 24.5 Å². The van der Waals surface area contributed by atoms with Crippen LogP contribution >= 0.6 is 0 Å². The van der Waals surface area contributed by atoms with Crippen molar-refractivity contribution in [2.75, 3.05) is 19.5 Å². The van der Waals surface area contributed by atoms with E-state index in [0.717, 1.165) is 4.68 Å². The van der Waals surface area contributed by atoms with Crippen molar-refractivity contribution in [3.63, 3.8) is 0 Å². The summed E-state index contributed by atoms with van der Waals surface area (Å²) in [6.07, 6.45) is 0. The van der Waals surface area contributed by atoms with Gasteiger partial charge in [-0.15, -0.1) is 5.10 Å². The average molecular weight is 436 g/mol. The Kier molecular flexibility index (Phi) is 5.68. The summed E-state index contributed by atoms with van der Waals surface area (Å²) in [5, 5.41) is 6.02. The van der Waals surface area contributed by atoms with Crippen LogP contribution in [-0.4, -0.2) is 48.4 Å². The molecule has 0 saturated heterocycles. The highest BCUT2D eigenvalue weighted by Gasteiger charge is 2.25. The van der Waals surface area contributed by atoms with E-state index < -0.39 is 21.8 Å². The third-order valence-electron chi connectivity index (χ3n) is 3.65. The highest BCUT2D eigenvalue weighted by atomic mass is 32.2. The van der Waals surface area contributed by atoms with Gasteiger partial charge in [0.15, 0.2) is 0 Å². The summed E-state index contributed by atoms with van der Waals surface area (Å²) in [5.41, 5.74) is -0.00482. The van der Waals surface area contributed by atoms with Crippen molar-refractivity contribution in [3.8, 4) is 23.2 Å². The van der Waals surface area contributed by atoms with Crippen molar-refractivity contribution >= 4 is 22.0 Å². The van der Waals surface area contributed by atoms with Crippen LogP contribution in [0.4, 0.5) is 10.7 Å². The second-order valence-electron chi connectivity index (χ2n) is 5.63. The maximum Gasteiger partial charge on any atom is 0.437 e. The molecule has 3 aromatic rings. The number of nitrogens with one attached hydrogen (secondary N) is 2.